The molecule has 2 aliphatic heterocycles. The van der Waals surface area contributed by atoms with Crippen LogP contribution in [0.4, 0.5) is 0 Å². The van der Waals surface area contributed by atoms with Gasteiger partial charge in [-0.1, -0.05) is 0 Å². The van der Waals surface area contributed by atoms with Gasteiger partial charge >= 0.3 is 0 Å². The molecule has 1 radical (unpaired) electrons. The first-order chi connectivity index (χ1) is 5.78. The summed E-state index contributed by atoms with van der Waals surface area (Å²) in [5, 5.41) is 11.8. The van der Waals surface area contributed by atoms with Crippen molar-refractivity contribution in [1.82, 2.24) is 4.90 Å². The van der Waals surface area contributed by atoms with Gasteiger partial charge in [-0.05, 0) is 39.2 Å². The van der Waals surface area contributed by atoms with Crippen molar-refractivity contribution >= 4 is 6.21 Å². The summed E-state index contributed by atoms with van der Waals surface area (Å²) in [6, 6.07) is 0.678. The normalized spacial score (nSPS) is 42.6. The van der Waals surface area contributed by atoms with Gasteiger partial charge in [0.05, 0.1) is 11.8 Å². The Balaban J connectivity index is 2.23. The first-order valence-electron chi connectivity index (χ1n) is 4.52. The molecule has 0 amide bonds. The van der Waals surface area contributed by atoms with E-state index in [1.807, 2.05) is 0 Å². The van der Waals surface area contributed by atoms with Crippen molar-refractivity contribution in [2.24, 2.45) is 5.16 Å². The Bertz CT molecular complexity index is 201. The minimum absolute atomic E-state index is 0.0394. The molecule has 2 bridgehead atoms. The number of nitrogens with zero attached hydrogens (tertiary/aromatic N) is 2. The third kappa shape index (κ3) is 0.959. The Labute approximate surface area is 73.1 Å². The van der Waals surface area contributed by atoms with Gasteiger partial charge in [0.15, 0.2) is 0 Å². The van der Waals surface area contributed by atoms with Gasteiger partial charge < -0.3 is 5.21 Å². The Hall–Kier alpha value is -0.570. The lowest BCUT2D eigenvalue weighted by Gasteiger charge is -2.39. The highest BCUT2D eigenvalue weighted by atomic mass is 16.4. The molecule has 0 aromatic rings. The molecule has 2 aliphatic rings. The molecular formula is C9H15N2O. The summed E-state index contributed by atoms with van der Waals surface area (Å²) in [4.78, 5) is 2.35. The average Bonchev–Trinajstić information content (AvgIpc) is 2.30. The largest absolute Gasteiger partial charge is 0.411 e. The average molecular weight is 167 g/mol. The van der Waals surface area contributed by atoms with Crippen molar-refractivity contribution < 1.29 is 5.21 Å². The van der Waals surface area contributed by atoms with E-state index in [9.17, 15) is 0 Å². The van der Waals surface area contributed by atoms with E-state index >= 15 is 0 Å². The van der Waals surface area contributed by atoms with Crippen molar-refractivity contribution in [3.63, 3.8) is 0 Å². The Morgan fingerprint density at radius 1 is 1.75 bits per heavy atom. The van der Waals surface area contributed by atoms with Gasteiger partial charge in [0.2, 0.25) is 0 Å². The van der Waals surface area contributed by atoms with Gasteiger partial charge in [0.25, 0.3) is 0 Å². The van der Waals surface area contributed by atoms with Crippen LogP contribution in [-0.2, 0) is 0 Å². The van der Waals surface area contributed by atoms with E-state index in [-0.39, 0.29) is 5.54 Å². The lowest BCUT2D eigenvalue weighted by molar-refractivity contribution is 0.163. The predicted octanol–water partition coefficient (Wildman–Crippen LogP) is 1.28. The first-order valence-corrected chi connectivity index (χ1v) is 4.52. The summed E-state index contributed by atoms with van der Waals surface area (Å²) >= 11 is 0. The molecule has 2 rings (SSSR count). The number of fused-ring (bicyclic) bond motifs is 2. The number of piperidine rings is 1. The van der Waals surface area contributed by atoms with Crippen molar-refractivity contribution in [2.45, 2.75) is 37.3 Å². The molecule has 2 saturated heterocycles. The summed E-state index contributed by atoms with van der Waals surface area (Å²) < 4.78 is 0. The number of hydrogen-bond donors (Lipinski definition) is 1. The van der Waals surface area contributed by atoms with Crippen molar-refractivity contribution in [3.05, 3.63) is 6.42 Å². The van der Waals surface area contributed by atoms with E-state index in [1.54, 1.807) is 6.21 Å². The van der Waals surface area contributed by atoms with Crippen LogP contribution in [0.5, 0.6) is 0 Å². The van der Waals surface area contributed by atoms with Crippen LogP contribution in [0.25, 0.3) is 0 Å². The van der Waals surface area contributed by atoms with Gasteiger partial charge in [-0.2, -0.15) is 0 Å². The number of hydrogen-bond acceptors (Lipinski definition) is 3. The Kier molecular flexibility index (Phi) is 1.83. The molecule has 2 heterocycles. The van der Waals surface area contributed by atoms with Gasteiger partial charge in [-0.25, -0.2) is 0 Å². The highest BCUT2D eigenvalue weighted by Gasteiger charge is 2.45. The van der Waals surface area contributed by atoms with Crippen LogP contribution < -0.4 is 0 Å². The second-order valence-corrected chi connectivity index (χ2v) is 3.88. The summed E-state index contributed by atoms with van der Waals surface area (Å²) in [5.74, 6) is 0. The maximum absolute atomic E-state index is 8.58. The third-order valence-electron chi connectivity index (χ3n) is 3.40. The molecular weight excluding hydrogens is 152 g/mol. The van der Waals surface area contributed by atoms with Crippen molar-refractivity contribution in [3.8, 4) is 0 Å². The minimum atomic E-state index is 0.0394. The molecule has 0 aromatic heterocycles. The van der Waals surface area contributed by atoms with Crippen LogP contribution in [-0.4, -0.2) is 35.0 Å². The predicted molar refractivity (Wildman–Crippen MR) is 47.3 cm³/mol. The fraction of sp³-hybridized carbons (Fsp3) is 0.778. The molecule has 3 heteroatoms. The molecule has 0 aliphatic carbocycles. The molecule has 2 unspecified atom stereocenters. The summed E-state index contributed by atoms with van der Waals surface area (Å²) in [7, 11) is 2.13. The highest BCUT2D eigenvalue weighted by molar-refractivity contribution is 5.71. The van der Waals surface area contributed by atoms with E-state index in [0.29, 0.717) is 6.04 Å². The highest BCUT2D eigenvalue weighted by Crippen LogP contribution is 2.41. The Morgan fingerprint density at radius 3 is 3.33 bits per heavy atom. The molecule has 2 atom stereocenters. The molecule has 0 spiro atoms. The SMILES string of the molecule is CN1C2C[CH]CC1(C=NO)CC2. The van der Waals surface area contributed by atoms with Gasteiger partial charge in [0, 0.05) is 6.04 Å². The quantitative estimate of drug-likeness (QED) is 0.363. The van der Waals surface area contributed by atoms with Crippen LogP contribution in [0.2, 0.25) is 0 Å². The maximum atomic E-state index is 8.58. The summed E-state index contributed by atoms with van der Waals surface area (Å²) in [5.41, 5.74) is 0.0394. The lowest BCUT2D eigenvalue weighted by atomic mass is 9.90. The number of oxime groups is 1. The maximum Gasteiger partial charge on any atom is 0.0639 e. The second kappa shape index (κ2) is 2.73. The van der Waals surface area contributed by atoms with Crippen LogP contribution in [0.1, 0.15) is 25.7 Å². The van der Waals surface area contributed by atoms with E-state index < -0.39 is 0 Å². The fourth-order valence-electron chi connectivity index (χ4n) is 2.51. The smallest absolute Gasteiger partial charge is 0.0639 e. The summed E-state index contributed by atoms with van der Waals surface area (Å²) in [6.07, 6.45) is 8.61. The second-order valence-electron chi connectivity index (χ2n) is 3.88. The summed E-state index contributed by atoms with van der Waals surface area (Å²) in [6.45, 7) is 0. The van der Waals surface area contributed by atoms with Crippen molar-refractivity contribution in [1.29, 1.82) is 0 Å². The van der Waals surface area contributed by atoms with E-state index in [1.165, 1.54) is 12.8 Å². The Morgan fingerprint density at radius 2 is 2.58 bits per heavy atom. The zero-order chi connectivity index (χ0) is 8.60. The molecule has 0 saturated carbocycles. The van der Waals surface area contributed by atoms with Crippen LogP contribution in [0.3, 0.4) is 0 Å². The lowest BCUT2D eigenvalue weighted by Crippen LogP contribution is -2.49. The van der Waals surface area contributed by atoms with Gasteiger partial charge in [0.1, 0.15) is 0 Å². The van der Waals surface area contributed by atoms with Gasteiger partial charge in [-0.15, -0.1) is 5.16 Å². The zero-order valence-corrected chi connectivity index (χ0v) is 7.40. The first kappa shape index (κ1) is 8.05. The standard InChI is InChI=1S/C9H15N2O/c1-11-8-3-2-5-9(11,6-4-8)7-10-12/h2,7-8,12H,3-6H2,1H3. The van der Waals surface area contributed by atoms with Crippen LogP contribution >= 0.6 is 0 Å². The zero-order valence-electron chi connectivity index (χ0n) is 7.40. The fourth-order valence-corrected chi connectivity index (χ4v) is 2.51. The molecule has 3 nitrogen and oxygen atoms in total. The molecule has 2 fully saturated rings. The van der Waals surface area contributed by atoms with E-state index in [2.05, 4.69) is 23.5 Å². The van der Waals surface area contributed by atoms with E-state index in [4.69, 9.17) is 5.21 Å². The van der Waals surface area contributed by atoms with Crippen LogP contribution in [0, 0.1) is 6.42 Å². The topological polar surface area (TPSA) is 35.8 Å². The molecule has 1 N–H and O–H groups in total. The van der Waals surface area contributed by atoms with Crippen LogP contribution in [0.15, 0.2) is 5.16 Å². The third-order valence-corrected chi connectivity index (χ3v) is 3.40. The molecule has 67 valence electrons. The minimum Gasteiger partial charge on any atom is -0.411 e. The van der Waals surface area contributed by atoms with Gasteiger partial charge in [-0.3, -0.25) is 4.90 Å². The molecule has 12 heavy (non-hydrogen) atoms. The molecule has 0 aromatic carbocycles. The number of rotatable bonds is 1. The van der Waals surface area contributed by atoms with E-state index in [0.717, 1.165) is 12.8 Å². The monoisotopic (exact) mass is 167 g/mol. The van der Waals surface area contributed by atoms with Crippen molar-refractivity contribution in [2.75, 3.05) is 7.05 Å².